The van der Waals surface area contributed by atoms with Crippen molar-refractivity contribution in [2.24, 2.45) is 0 Å². The van der Waals surface area contributed by atoms with Crippen molar-refractivity contribution in [3.8, 4) is 11.4 Å². The third-order valence-corrected chi connectivity index (χ3v) is 5.15. The molecule has 5 rings (SSSR count). The maximum absolute atomic E-state index is 5.01. The lowest BCUT2D eigenvalue weighted by Crippen LogP contribution is -2.02. The fourth-order valence-corrected chi connectivity index (χ4v) is 3.74. The number of para-hydroxylation sites is 2. The van der Waals surface area contributed by atoms with Crippen molar-refractivity contribution in [1.29, 1.82) is 0 Å². The van der Waals surface area contributed by atoms with Crippen molar-refractivity contribution in [2.45, 2.75) is 13.5 Å². The molecule has 0 unspecified atom stereocenters. The lowest BCUT2D eigenvalue weighted by atomic mass is 10.0. The van der Waals surface area contributed by atoms with Gasteiger partial charge in [-0.2, -0.15) is 0 Å². The highest BCUT2D eigenvalue weighted by Gasteiger charge is 2.14. The smallest absolute Gasteiger partial charge is 0.142 e. The summed E-state index contributed by atoms with van der Waals surface area (Å²) in [6, 6.07) is 32.1. The van der Waals surface area contributed by atoms with E-state index in [0.29, 0.717) is 0 Å². The molecule has 0 aliphatic heterocycles. The minimum Gasteiger partial charge on any atom is -0.319 e. The molecule has 0 saturated carbocycles. The Morgan fingerprint density at radius 1 is 0.741 bits per heavy atom. The van der Waals surface area contributed by atoms with Gasteiger partial charge in [0.2, 0.25) is 0 Å². The fourth-order valence-electron chi connectivity index (χ4n) is 3.74. The highest BCUT2D eigenvalue weighted by Crippen LogP contribution is 2.31. The van der Waals surface area contributed by atoms with Gasteiger partial charge in [-0.15, -0.1) is 0 Å². The second kappa shape index (κ2) is 6.40. The van der Waals surface area contributed by atoms with Crippen molar-refractivity contribution in [2.75, 3.05) is 0 Å². The van der Waals surface area contributed by atoms with Gasteiger partial charge in [0, 0.05) is 12.1 Å². The van der Waals surface area contributed by atoms with E-state index in [1.165, 1.54) is 33.0 Å². The number of rotatable bonds is 3. The highest BCUT2D eigenvalue weighted by atomic mass is 15.1. The van der Waals surface area contributed by atoms with Crippen LogP contribution in [-0.4, -0.2) is 9.55 Å². The molecule has 0 N–H and O–H groups in total. The van der Waals surface area contributed by atoms with Crippen LogP contribution in [0.5, 0.6) is 0 Å². The summed E-state index contributed by atoms with van der Waals surface area (Å²) in [5.74, 6) is 1.02. The zero-order chi connectivity index (χ0) is 18.2. The summed E-state index contributed by atoms with van der Waals surface area (Å²) in [6.45, 7) is 2.93. The average molecular weight is 348 g/mol. The summed E-state index contributed by atoms with van der Waals surface area (Å²) >= 11 is 0. The number of hydrogen-bond donors (Lipinski definition) is 0. The van der Waals surface area contributed by atoms with Crippen molar-refractivity contribution < 1.29 is 0 Å². The molecule has 1 heterocycles. The van der Waals surface area contributed by atoms with Crippen molar-refractivity contribution >= 4 is 21.8 Å². The highest BCUT2D eigenvalue weighted by molar-refractivity contribution is 5.96. The van der Waals surface area contributed by atoms with E-state index >= 15 is 0 Å². The van der Waals surface area contributed by atoms with Crippen LogP contribution in [0.4, 0.5) is 0 Å². The van der Waals surface area contributed by atoms with Gasteiger partial charge in [-0.1, -0.05) is 84.4 Å². The molecule has 4 aromatic carbocycles. The number of imidazole rings is 1. The molecule has 0 amide bonds. The largest absolute Gasteiger partial charge is 0.319 e. The van der Waals surface area contributed by atoms with Gasteiger partial charge in [0.1, 0.15) is 5.82 Å². The van der Waals surface area contributed by atoms with Gasteiger partial charge in [-0.3, -0.25) is 0 Å². The quantitative estimate of drug-likeness (QED) is 0.379. The van der Waals surface area contributed by atoms with Crippen LogP contribution in [0.2, 0.25) is 0 Å². The van der Waals surface area contributed by atoms with Crippen molar-refractivity contribution in [3.05, 3.63) is 102 Å². The normalized spacial score (nSPS) is 11.3. The summed E-state index contributed by atoms with van der Waals surface area (Å²) in [4.78, 5) is 5.01. The number of aromatic nitrogens is 2. The van der Waals surface area contributed by atoms with E-state index in [4.69, 9.17) is 4.98 Å². The van der Waals surface area contributed by atoms with E-state index in [1.54, 1.807) is 0 Å². The van der Waals surface area contributed by atoms with Gasteiger partial charge in [-0.05, 0) is 35.4 Å². The predicted molar refractivity (Wildman–Crippen MR) is 113 cm³/mol. The minimum absolute atomic E-state index is 0.805. The first-order chi connectivity index (χ1) is 13.3. The van der Waals surface area contributed by atoms with Crippen LogP contribution in [0, 0.1) is 6.92 Å². The zero-order valence-corrected chi connectivity index (χ0v) is 15.3. The maximum atomic E-state index is 5.01. The third-order valence-electron chi connectivity index (χ3n) is 5.15. The van der Waals surface area contributed by atoms with E-state index in [9.17, 15) is 0 Å². The summed E-state index contributed by atoms with van der Waals surface area (Å²) in [5.41, 5.74) is 5.94. The summed E-state index contributed by atoms with van der Waals surface area (Å²) in [5, 5.41) is 2.48. The van der Waals surface area contributed by atoms with Crippen LogP contribution >= 0.6 is 0 Å². The zero-order valence-electron chi connectivity index (χ0n) is 15.3. The second-order valence-corrected chi connectivity index (χ2v) is 7.02. The number of hydrogen-bond acceptors (Lipinski definition) is 1. The lowest BCUT2D eigenvalue weighted by Gasteiger charge is -2.12. The Labute approximate surface area is 158 Å². The molecule has 0 aliphatic carbocycles. The Balaban J connectivity index is 1.75. The Bertz CT molecular complexity index is 1240. The molecule has 0 aliphatic rings. The van der Waals surface area contributed by atoms with E-state index in [-0.39, 0.29) is 0 Å². The standard InChI is InChI=1S/C25H20N2/c1-18-13-15-19(16-14-18)17-27-24-12-5-4-11-23(24)26-25(27)22-10-6-8-20-7-2-3-9-21(20)22/h2-16H,17H2,1H3. The molecule has 130 valence electrons. The van der Waals surface area contributed by atoms with Crippen LogP contribution in [0.1, 0.15) is 11.1 Å². The summed E-state index contributed by atoms with van der Waals surface area (Å²) < 4.78 is 2.34. The first kappa shape index (κ1) is 15.8. The van der Waals surface area contributed by atoms with Crippen molar-refractivity contribution in [1.82, 2.24) is 9.55 Å². The molecule has 5 aromatic rings. The third kappa shape index (κ3) is 2.80. The van der Waals surface area contributed by atoms with Gasteiger partial charge in [0.25, 0.3) is 0 Å². The molecular weight excluding hydrogens is 328 g/mol. The molecule has 0 saturated heterocycles. The van der Waals surface area contributed by atoms with Gasteiger partial charge in [-0.25, -0.2) is 4.98 Å². The fraction of sp³-hybridized carbons (Fsp3) is 0.0800. The molecule has 27 heavy (non-hydrogen) atoms. The SMILES string of the molecule is Cc1ccc(Cn2c(-c3cccc4ccccc34)nc3ccccc32)cc1. The molecular formula is C25H20N2. The Kier molecular flexibility index (Phi) is 3.75. The summed E-state index contributed by atoms with van der Waals surface area (Å²) in [6.07, 6.45) is 0. The van der Waals surface area contributed by atoms with Crippen molar-refractivity contribution in [3.63, 3.8) is 0 Å². The number of nitrogens with zero attached hydrogens (tertiary/aromatic N) is 2. The van der Waals surface area contributed by atoms with E-state index < -0.39 is 0 Å². The van der Waals surface area contributed by atoms with Gasteiger partial charge >= 0.3 is 0 Å². The van der Waals surface area contributed by atoms with E-state index in [0.717, 1.165) is 17.9 Å². The molecule has 0 fully saturated rings. The molecule has 0 atom stereocenters. The van der Waals surface area contributed by atoms with E-state index in [1.807, 2.05) is 0 Å². The number of fused-ring (bicyclic) bond motifs is 2. The predicted octanol–water partition coefficient (Wildman–Crippen LogP) is 6.21. The van der Waals surface area contributed by atoms with Gasteiger partial charge in [0.15, 0.2) is 0 Å². The van der Waals surface area contributed by atoms with Gasteiger partial charge < -0.3 is 4.57 Å². The number of benzene rings is 4. The Morgan fingerprint density at radius 3 is 2.37 bits per heavy atom. The Hall–Kier alpha value is -3.39. The van der Waals surface area contributed by atoms with Crippen LogP contribution in [0.15, 0.2) is 91.0 Å². The first-order valence-corrected chi connectivity index (χ1v) is 9.28. The Morgan fingerprint density at radius 2 is 1.48 bits per heavy atom. The van der Waals surface area contributed by atoms with Crippen LogP contribution in [-0.2, 0) is 6.54 Å². The summed E-state index contributed by atoms with van der Waals surface area (Å²) in [7, 11) is 0. The van der Waals surface area contributed by atoms with Crippen LogP contribution < -0.4 is 0 Å². The molecule has 2 nitrogen and oxygen atoms in total. The van der Waals surface area contributed by atoms with Gasteiger partial charge in [0.05, 0.1) is 11.0 Å². The maximum Gasteiger partial charge on any atom is 0.142 e. The molecule has 0 spiro atoms. The first-order valence-electron chi connectivity index (χ1n) is 9.28. The van der Waals surface area contributed by atoms with Crippen LogP contribution in [0.3, 0.4) is 0 Å². The molecule has 1 aromatic heterocycles. The topological polar surface area (TPSA) is 17.8 Å². The average Bonchev–Trinajstić information content (AvgIpc) is 3.07. The molecule has 0 bridgehead atoms. The van der Waals surface area contributed by atoms with Crippen LogP contribution in [0.25, 0.3) is 33.2 Å². The minimum atomic E-state index is 0.805. The number of aryl methyl sites for hydroxylation is 1. The molecule has 2 heteroatoms. The molecule has 0 radical (unpaired) electrons. The van der Waals surface area contributed by atoms with E-state index in [2.05, 4.69) is 102 Å². The monoisotopic (exact) mass is 348 g/mol. The lowest BCUT2D eigenvalue weighted by molar-refractivity contribution is 0.835. The second-order valence-electron chi connectivity index (χ2n) is 7.02.